The first-order chi connectivity index (χ1) is 23.8. The van der Waals surface area contributed by atoms with Crippen LogP contribution in [-0.4, -0.2) is 82.8 Å². The fraction of sp³-hybridized carbons (Fsp3) is 0.976. The van der Waals surface area contributed by atoms with Crippen LogP contribution >= 0.6 is 0 Å². The molecule has 0 radical (unpaired) electrons. The summed E-state index contributed by atoms with van der Waals surface area (Å²) in [7, 11) is 0. The molecule has 6 atom stereocenters. The lowest BCUT2D eigenvalue weighted by atomic mass is 9.96. The predicted molar refractivity (Wildman–Crippen MR) is 200 cm³/mol. The van der Waals surface area contributed by atoms with Gasteiger partial charge in [0.1, 0.15) is 36.6 Å². The second-order valence-corrected chi connectivity index (χ2v) is 15.2. The van der Waals surface area contributed by atoms with Gasteiger partial charge in [0.2, 0.25) is 0 Å². The normalized spacial score (nSPS) is 21.0. The van der Waals surface area contributed by atoms with Crippen LogP contribution in [0.4, 0.5) is 0 Å². The maximum absolute atomic E-state index is 12.7. The van der Waals surface area contributed by atoms with Gasteiger partial charge in [-0.2, -0.15) is 0 Å². The fourth-order valence-electron chi connectivity index (χ4n) is 6.92. The van der Waals surface area contributed by atoms with E-state index in [4.69, 9.17) is 14.2 Å². The van der Waals surface area contributed by atoms with E-state index >= 15 is 0 Å². The maximum atomic E-state index is 12.7. The van der Waals surface area contributed by atoms with Gasteiger partial charge in [-0.3, -0.25) is 4.79 Å². The summed E-state index contributed by atoms with van der Waals surface area (Å²) in [5.74, 6) is 0.548. The fourth-order valence-corrected chi connectivity index (χ4v) is 6.92. The van der Waals surface area contributed by atoms with Gasteiger partial charge < -0.3 is 34.6 Å². The Morgan fingerprint density at radius 1 is 0.531 bits per heavy atom. The largest absolute Gasteiger partial charge is 0.457 e. The number of carbonyl (C=O) groups is 1. The smallest absolute Gasteiger partial charge is 0.306 e. The average molecular weight is 701 g/mol. The number of esters is 1. The van der Waals surface area contributed by atoms with Crippen LogP contribution in [0.15, 0.2) is 0 Å². The van der Waals surface area contributed by atoms with E-state index in [9.17, 15) is 25.2 Å². The highest BCUT2D eigenvalue weighted by Crippen LogP contribution is 2.25. The number of aliphatic hydroxyl groups excluding tert-OH is 4. The lowest BCUT2D eigenvalue weighted by Crippen LogP contribution is -2.39. The summed E-state index contributed by atoms with van der Waals surface area (Å²) < 4.78 is 17.2. The molecule has 0 aromatic carbocycles. The first-order valence-corrected chi connectivity index (χ1v) is 20.9. The third-order valence-corrected chi connectivity index (χ3v) is 10.3. The summed E-state index contributed by atoms with van der Waals surface area (Å²) in [6, 6.07) is 0. The van der Waals surface area contributed by atoms with Gasteiger partial charge >= 0.3 is 5.97 Å². The number of ether oxygens (including phenoxy) is 3. The van der Waals surface area contributed by atoms with Gasteiger partial charge in [-0.05, 0) is 18.8 Å². The van der Waals surface area contributed by atoms with E-state index in [0.29, 0.717) is 13.0 Å². The van der Waals surface area contributed by atoms with Crippen molar-refractivity contribution in [2.45, 2.75) is 231 Å². The van der Waals surface area contributed by atoms with Gasteiger partial charge in [-0.15, -0.1) is 0 Å². The highest BCUT2D eigenvalue weighted by Gasteiger charge is 2.49. The first-order valence-electron chi connectivity index (χ1n) is 20.9. The Bertz CT molecular complexity index is 722. The van der Waals surface area contributed by atoms with Crippen molar-refractivity contribution in [3.8, 4) is 0 Å². The van der Waals surface area contributed by atoms with Crippen LogP contribution in [-0.2, 0) is 19.0 Å². The molecule has 8 heteroatoms. The number of rotatable bonds is 35. The molecule has 1 rings (SSSR count). The van der Waals surface area contributed by atoms with Crippen molar-refractivity contribution in [1.29, 1.82) is 0 Å². The number of hydrogen-bond donors (Lipinski definition) is 4. The Morgan fingerprint density at radius 2 is 0.939 bits per heavy atom. The highest BCUT2D eigenvalue weighted by atomic mass is 16.6. The molecular weight excluding hydrogens is 620 g/mol. The van der Waals surface area contributed by atoms with Crippen LogP contribution < -0.4 is 0 Å². The molecule has 0 spiro atoms. The zero-order valence-corrected chi connectivity index (χ0v) is 32.2. The molecule has 1 aliphatic rings. The van der Waals surface area contributed by atoms with E-state index in [0.717, 1.165) is 38.0 Å². The van der Waals surface area contributed by atoms with Crippen molar-refractivity contribution in [1.82, 2.24) is 0 Å². The molecule has 0 aromatic heterocycles. The molecule has 1 saturated carbocycles. The van der Waals surface area contributed by atoms with Gasteiger partial charge in [-0.25, -0.2) is 0 Å². The third-order valence-electron chi connectivity index (χ3n) is 10.3. The molecule has 0 heterocycles. The lowest BCUT2D eigenvalue weighted by molar-refractivity contribution is -0.163. The van der Waals surface area contributed by atoms with Gasteiger partial charge in [0.25, 0.3) is 0 Å². The van der Waals surface area contributed by atoms with E-state index < -0.39 is 36.6 Å². The molecule has 1 fully saturated rings. The SMILES string of the molecule is CCCCCCCCCCCCCCCC(=O)O[C@@H](COCCCCCCCCC[C@H](C)CCCCCC)COC1[C@@H](O)[C@H](O)[C@@H](O)[C@@H]1O. The van der Waals surface area contributed by atoms with Crippen LogP contribution in [0.3, 0.4) is 0 Å². The van der Waals surface area contributed by atoms with Crippen molar-refractivity contribution < 1.29 is 39.4 Å². The highest BCUT2D eigenvalue weighted by molar-refractivity contribution is 5.69. The molecule has 0 amide bonds. The maximum Gasteiger partial charge on any atom is 0.306 e. The molecule has 0 unspecified atom stereocenters. The van der Waals surface area contributed by atoms with Crippen LogP contribution in [0.1, 0.15) is 194 Å². The van der Waals surface area contributed by atoms with Gasteiger partial charge in [0.05, 0.1) is 13.2 Å². The van der Waals surface area contributed by atoms with Crippen molar-refractivity contribution >= 4 is 5.97 Å². The number of aliphatic hydroxyl groups is 4. The Morgan fingerprint density at radius 3 is 1.43 bits per heavy atom. The monoisotopic (exact) mass is 701 g/mol. The Kier molecular flexibility index (Phi) is 30.1. The van der Waals surface area contributed by atoms with Gasteiger partial charge in [0.15, 0.2) is 0 Å². The summed E-state index contributed by atoms with van der Waals surface area (Å²) in [6.07, 6.45) is 25.4. The van der Waals surface area contributed by atoms with Crippen LogP contribution in [0.2, 0.25) is 0 Å². The summed E-state index contributed by atoms with van der Waals surface area (Å²) in [4.78, 5) is 12.7. The topological polar surface area (TPSA) is 126 Å². The Balaban J connectivity index is 2.23. The van der Waals surface area contributed by atoms with Gasteiger partial charge in [-0.1, -0.05) is 175 Å². The van der Waals surface area contributed by atoms with Crippen LogP contribution in [0, 0.1) is 5.92 Å². The molecule has 1 aliphatic carbocycles. The zero-order chi connectivity index (χ0) is 36.0. The minimum absolute atomic E-state index is 0.0973. The number of hydrogen-bond acceptors (Lipinski definition) is 8. The summed E-state index contributed by atoms with van der Waals surface area (Å²) in [5.41, 5.74) is 0. The molecule has 0 bridgehead atoms. The second kappa shape index (κ2) is 31.9. The summed E-state index contributed by atoms with van der Waals surface area (Å²) in [5, 5.41) is 40.1. The zero-order valence-electron chi connectivity index (χ0n) is 32.2. The minimum atomic E-state index is -1.49. The molecule has 4 N–H and O–H groups in total. The van der Waals surface area contributed by atoms with E-state index in [-0.39, 0.29) is 19.2 Å². The van der Waals surface area contributed by atoms with E-state index in [2.05, 4.69) is 20.8 Å². The van der Waals surface area contributed by atoms with Crippen LogP contribution in [0.5, 0.6) is 0 Å². The first kappa shape index (κ1) is 46.3. The summed E-state index contributed by atoms with van der Waals surface area (Å²) in [6.45, 7) is 7.55. The molecule has 0 saturated heterocycles. The quantitative estimate of drug-likeness (QED) is 0.0382. The van der Waals surface area contributed by atoms with Gasteiger partial charge in [0, 0.05) is 13.0 Å². The van der Waals surface area contributed by atoms with E-state index in [1.807, 2.05) is 0 Å². The van der Waals surface area contributed by atoms with Crippen molar-refractivity contribution in [3.05, 3.63) is 0 Å². The summed E-state index contributed by atoms with van der Waals surface area (Å²) >= 11 is 0. The molecule has 0 aliphatic heterocycles. The van der Waals surface area contributed by atoms with Crippen molar-refractivity contribution in [2.75, 3.05) is 19.8 Å². The van der Waals surface area contributed by atoms with E-state index in [1.54, 1.807) is 0 Å². The van der Waals surface area contributed by atoms with E-state index in [1.165, 1.54) is 135 Å². The molecule has 0 aromatic rings. The van der Waals surface area contributed by atoms with Crippen molar-refractivity contribution in [3.63, 3.8) is 0 Å². The Hall–Kier alpha value is -0.770. The number of unbranched alkanes of at least 4 members (excludes halogenated alkanes) is 21. The third kappa shape index (κ3) is 24.2. The minimum Gasteiger partial charge on any atom is -0.457 e. The Labute approximate surface area is 301 Å². The second-order valence-electron chi connectivity index (χ2n) is 15.2. The standard InChI is InChI=1S/C41H80O8/c1-4-6-8-10-11-12-13-14-15-16-19-22-26-30-36(42)49-35(33-48-41-39(45)37(43)38(44)40(41)46)32-47-31-27-23-20-17-18-21-25-29-34(3)28-24-9-7-5-2/h34-35,37-41,43-46H,4-33H2,1-3H3/t34-,35+,37-,38-,39+,40+/m1/s1. The van der Waals surface area contributed by atoms with Crippen LogP contribution in [0.25, 0.3) is 0 Å². The predicted octanol–water partition coefficient (Wildman–Crippen LogP) is 8.97. The van der Waals surface area contributed by atoms with Crippen molar-refractivity contribution in [2.24, 2.45) is 5.92 Å². The number of carbonyl (C=O) groups excluding carboxylic acids is 1. The molecule has 49 heavy (non-hydrogen) atoms. The lowest BCUT2D eigenvalue weighted by Gasteiger charge is -2.24. The molecule has 8 nitrogen and oxygen atoms in total. The molecular formula is C41H80O8. The molecule has 292 valence electrons. The average Bonchev–Trinajstić information content (AvgIpc) is 3.27.